The molecule has 0 spiro atoms. The molecule has 30 heavy (non-hydrogen) atoms. The molecule has 4 heterocycles. The fourth-order valence-electron chi connectivity index (χ4n) is 4.06. The van der Waals surface area contributed by atoms with E-state index in [1.54, 1.807) is 6.20 Å². The van der Waals surface area contributed by atoms with Crippen molar-refractivity contribution >= 4 is 21.9 Å². The van der Waals surface area contributed by atoms with Gasteiger partial charge in [0.25, 0.3) is 5.56 Å². The third-order valence-electron chi connectivity index (χ3n) is 5.76. The molecule has 0 radical (unpaired) electrons. The zero-order valence-corrected chi connectivity index (χ0v) is 16.5. The molecule has 1 aliphatic carbocycles. The minimum Gasteiger partial charge on any atom is -0.460 e. The zero-order chi connectivity index (χ0) is 20.2. The molecule has 1 fully saturated rings. The Bertz CT molecular complexity index is 1490. The number of benzene rings is 1. The second-order valence-corrected chi connectivity index (χ2v) is 7.97. The Hall–Kier alpha value is -3.73. The smallest absolute Gasteiger partial charge is 0.253 e. The molecule has 6 rings (SSSR count). The third kappa shape index (κ3) is 2.82. The zero-order valence-electron chi connectivity index (χ0n) is 16.5. The van der Waals surface area contributed by atoms with Gasteiger partial charge in [0, 0.05) is 28.1 Å². The molecule has 1 aliphatic rings. The van der Waals surface area contributed by atoms with Crippen molar-refractivity contribution in [3.05, 3.63) is 82.5 Å². The number of aromatic nitrogens is 3. The number of fused-ring (bicyclic) bond motifs is 2. The van der Waals surface area contributed by atoms with Crippen LogP contribution >= 0.6 is 0 Å². The van der Waals surface area contributed by atoms with Crippen molar-refractivity contribution in [2.75, 3.05) is 0 Å². The number of aryl methyl sites for hydroxylation is 1. The summed E-state index contributed by atoms with van der Waals surface area (Å²) in [6.45, 7) is 1.91. The van der Waals surface area contributed by atoms with E-state index in [0.717, 1.165) is 51.6 Å². The van der Waals surface area contributed by atoms with Crippen LogP contribution in [-0.4, -0.2) is 15.0 Å². The summed E-state index contributed by atoms with van der Waals surface area (Å²) in [7, 11) is 0. The molecular formula is C25H19N3O2. The van der Waals surface area contributed by atoms with Crippen LogP contribution in [0.1, 0.15) is 30.1 Å². The Morgan fingerprint density at radius 2 is 1.93 bits per heavy atom. The van der Waals surface area contributed by atoms with E-state index in [-0.39, 0.29) is 5.56 Å². The molecule has 5 heteroatoms. The van der Waals surface area contributed by atoms with E-state index >= 15 is 0 Å². The van der Waals surface area contributed by atoms with E-state index in [1.807, 2.05) is 37.3 Å². The lowest BCUT2D eigenvalue weighted by atomic mass is 9.99. The molecule has 0 amide bonds. The van der Waals surface area contributed by atoms with Crippen molar-refractivity contribution in [3.8, 4) is 22.6 Å². The average molecular weight is 393 g/mol. The van der Waals surface area contributed by atoms with Crippen LogP contribution in [-0.2, 0) is 0 Å². The minimum absolute atomic E-state index is 0.0383. The first-order valence-electron chi connectivity index (χ1n) is 10.2. The number of rotatable bonds is 3. The van der Waals surface area contributed by atoms with Crippen molar-refractivity contribution in [3.63, 3.8) is 0 Å². The van der Waals surface area contributed by atoms with Gasteiger partial charge in [-0.1, -0.05) is 12.1 Å². The Labute approximate surface area is 172 Å². The van der Waals surface area contributed by atoms with Crippen molar-refractivity contribution in [2.24, 2.45) is 0 Å². The lowest BCUT2D eigenvalue weighted by Crippen LogP contribution is -2.12. The van der Waals surface area contributed by atoms with Crippen molar-refractivity contribution < 1.29 is 4.42 Å². The number of nitrogens with zero attached hydrogens (tertiary/aromatic N) is 2. The molecule has 5 aromatic rings. The highest BCUT2D eigenvalue weighted by molar-refractivity contribution is 5.92. The second kappa shape index (κ2) is 6.39. The fourth-order valence-corrected chi connectivity index (χ4v) is 4.06. The topological polar surface area (TPSA) is 71.8 Å². The molecule has 0 aliphatic heterocycles. The van der Waals surface area contributed by atoms with Crippen LogP contribution in [0.2, 0.25) is 0 Å². The van der Waals surface area contributed by atoms with Gasteiger partial charge in [-0.05, 0) is 73.7 Å². The third-order valence-corrected chi connectivity index (χ3v) is 5.76. The molecule has 4 aromatic heterocycles. The number of hydrogen-bond acceptors (Lipinski definition) is 4. The highest BCUT2D eigenvalue weighted by Gasteiger charge is 2.27. The lowest BCUT2D eigenvalue weighted by Gasteiger charge is -2.11. The van der Waals surface area contributed by atoms with Gasteiger partial charge in [-0.25, -0.2) is 4.98 Å². The number of pyridine rings is 3. The number of nitrogens with one attached hydrogen (secondary N) is 1. The monoisotopic (exact) mass is 393 g/mol. The number of H-pyrrole nitrogens is 1. The van der Waals surface area contributed by atoms with Crippen LogP contribution in [0.3, 0.4) is 0 Å². The maximum atomic E-state index is 12.5. The molecule has 1 saturated carbocycles. The van der Waals surface area contributed by atoms with Crippen molar-refractivity contribution in [1.82, 2.24) is 15.0 Å². The van der Waals surface area contributed by atoms with E-state index in [9.17, 15) is 4.79 Å². The molecule has 1 N–H and O–H groups in total. The van der Waals surface area contributed by atoms with E-state index in [2.05, 4.69) is 34.2 Å². The van der Waals surface area contributed by atoms with Crippen LogP contribution in [0.25, 0.3) is 44.5 Å². The molecule has 0 bridgehead atoms. The van der Waals surface area contributed by atoms with E-state index in [4.69, 9.17) is 9.40 Å². The molecular weight excluding hydrogens is 374 g/mol. The van der Waals surface area contributed by atoms with Gasteiger partial charge in [0.2, 0.25) is 0 Å². The summed E-state index contributed by atoms with van der Waals surface area (Å²) in [5.74, 6) is 1.88. The Morgan fingerprint density at radius 3 is 2.73 bits per heavy atom. The van der Waals surface area contributed by atoms with Gasteiger partial charge >= 0.3 is 0 Å². The highest BCUT2D eigenvalue weighted by atomic mass is 16.3. The van der Waals surface area contributed by atoms with E-state index < -0.39 is 0 Å². The van der Waals surface area contributed by atoms with Gasteiger partial charge in [0.05, 0.1) is 5.52 Å². The predicted octanol–water partition coefficient (Wildman–Crippen LogP) is 5.58. The molecule has 0 saturated heterocycles. The summed E-state index contributed by atoms with van der Waals surface area (Å²) >= 11 is 0. The van der Waals surface area contributed by atoms with Gasteiger partial charge in [0.15, 0.2) is 5.76 Å². The lowest BCUT2D eigenvalue weighted by molar-refractivity contribution is 0.547. The molecule has 0 atom stereocenters. The SMILES string of the molecule is Cc1ccc(-c2nc3[nH]c(=O)c(C4CC4)cc3cc2-c2ccc3ncccc3c2)o1. The van der Waals surface area contributed by atoms with Crippen LogP contribution in [0.5, 0.6) is 0 Å². The quantitative estimate of drug-likeness (QED) is 0.434. The van der Waals surface area contributed by atoms with E-state index in [0.29, 0.717) is 23.0 Å². The van der Waals surface area contributed by atoms with E-state index in [1.165, 1.54) is 0 Å². The van der Waals surface area contributed by atoms with Crippen molar-refractivity contribution in [2.45, 2.75) is 25.7 Å². The van der Waals surface area contributed by atoms with Crippen LogP contribution in [0.4, 0.5) is 0 Å². The minimum atomic E-state index is -0.0383. The largest absolute Gasteiger partial charge is 0.460 e. The summed E-state index contributed by atoms with van der Waals surface area (Å²) in [5.41, 5.74) is 5.08. The normalized spacial score (nSPS) is 13.9. The second-order valence-electron chi connectivity index (χ2n) is 7.97. The van der Waals surface area contributed by atoms with Gasteiger partial charge in [0.1, 0.15) is 17.1 Å². The maximum Gasteiger partial charge on any atom is 0.253 e. The summed E-state index contributed by atoms with van der Waals surface area (Å²) in [6, 6.07) is 18.2. The van der Waals surface area contributed by atoms with Crippen LogP contribution in [0, 0.1) is 6.92 Å². The summed E-state index contributed by atoms with van der Waals surface area (Å²) in [5, 5.41) is 2.00. The van der Waals surface area contributed by atoms with Gasteiger partial charge in [-0.15, -0.1) is 0 Å². The first-order valence-corrected chi connectivity index (χ1v) is 10.2. The van der Waals surface area contributed by atoms with Crippen LogP contribution in [0.15, 0.2) is 70.0 Å². The first-order chi connectivity index (χ1) is 14.7. The number of aromatic amines is 1. The summed E-state index contributed by atoms with van der Waals surface area (Å²) < 4.78 is 5.90. The highest BCUT2D eigenvalue weighted by Crippen LogP contribution is 2.40. The Balaban J connectivity index is 1.64. The molecule has 1 aromatic carbocycles. The maximum absolute atomic E-state index is 12.5. The Morgan fingerprint density at radius 1 is 1.03 bits per heavy atom. The Kier molecular flexibility index (Phi) is 3.65. The standard InChI is InChI=1S/C25H19N3O2/c1-14-4-9-22(30-14)23-19(16-7-8-21-17(11-16)3-2-10-26-21)12-18-13-20(15-5-6-15)25(29)28-24(18)27-23/h2-4,7-13,15H,5-6H2,1H3,(H,27,28,29). The number of hydrogen-bond donors (Lipinski definition) is 1. The summed E-state index contributed by atoms with van der Waals surface area (Å²) in [4.78, 5) is 24.8. The van der Waals surface area contributed by atoms with Gasteiger partial charge < -0.3 is 9.40 Å². The van der Waals surface area contributed by atoms with Gasteiger partial charge in [-0.3, -0.25) is 9.78 Å². The fraction of sp³-hybridized carbons (Fsp3) is 0.160. The molecule has 146 valence electrons. The van der Waals surface area contributed by atoms with Crippen LogP contribution < -0.4 is 5.56 Å². The van der Waals surface area contributed by atoms with Crippen molar-refractivity contribution in [1.29, 1.82) is 0 Å². The first kappa shape index (κ1) is 17.2. The summed E-state index contributed by atoms with van der Waals surface area (Å²) in [6.07, 6.45) is 3.96. The number of furan rings is 1. The average Bonchev–Trinajstić information content (AvgIpc) is 3.52. The van der Waals surface area contributed by atoms with Gasteiger partial charge in [-0.2, -0.15) is 0 Å². The molecule has 5 nitrogen and oxygen atoms in total. The predicted molar refractivity (Wildman–Crippen MR) is 118 cm³/mol. The molecule has 0 unspecified atom stereocenters.